The number of hydrogen-bond donors (Lipinski definition) is 2. The third-order valence-electron chi connectivity index (χ3n) is 3.15. The number of carbonyl (C=O) groups excluding carboxylic acids is 3. The van der Waals surface area contributed by atoms with Crippen molar-refractivity contribution in [2.45, 2.75) is 18.8 Å². The van der Waals surface area contributed by atoms with Crippen LogP contribution in [0.25, 0.3) is 0 Å². The molecule has 2 heterocycles. The van der Waals surface area contributed by atoms with E-state index in [4.69, 9.17) is 9.85 Å². The molecule has 3 amide bonds. The van der Waals surface area contributed by atoms with Crippen LogP contribution in [0.4, 0.5) is 5.69 Å². The maximum absolute atomic E-state index is 12.6. The molecule has 2 aliphatic heterocycles. The number of fused-ring (bicyclic) bond motifs is 1. The fourth-order valence-corrected chi connectivity index (χ4v) is 2.23. The Labute approximate surface area is 119 Å². The number of carbonyl (C=O) groups is 3. The van der Waals surface area contributed by atoms with Crippen molar-refractivity contribution in [2.75, 3.05) is 5.73 Å². The molecule has 1 saturated heterocycles. The highest BCUT2D eigenvalue weighted by Crippen LogP contribution is 2.31. The Bertz CT molecular complexity index is 793. The van der Waals surface area contributed by atoms with Gasteiger partial charge in [-0.3, -0.25) is 19.3 Å². The molecular formula is C14H13N3O3. The van der Waals surface area contributed by atoms with Gasteiger partial charge in [-0.05, 0) is 24.9 Å². The highest BCUT2D eigenvalue weighted by molar-refractivity contribution is 6.25. The number of nitrogens with one attached hydrogen (secondary N) is 1. The van der Waals surface area contributed by atoms with E-state index in [2.05, 4.69) is 11.9 Å². The molecule has 6 nitrogen and oxygen atoms in total. The van der Waals surface area contributed by atoms with E-state index in [1.54, 1.807) is 0 Å². The van der Waals surface area contributed by atoms with Crippen LogP contribution in [-0.4, -0.2) is 28.6 Å². The summed E-state index contributed by atoms with van der Waals surface area (Å²) in [5.74, 6) is -2.99. The number of rotatable bonds is 1. The number of hydrogen-bond acceptors (Lipinski definition) is 4. The van der Waals surface area contributed by atoms with Gasteiger partial charge in [0.1, 0.15) is 6.02 Å². The predicted octanol–water partition coefficient (Wildman–Crippen LogP) is 0.657. The van der Waals surface area contributed by atoms with Crippen molar-refractivity contribution in [3.05, 3.63) is 41.6 Å². The van der Waals surface area contributed by atoms with E-state index >= 15 is 0 Å². The number of nitrogens with zero attached hydrogens (tertiary/aromatic N) is 1. The van der Waals surface area contributed by atoms with Gasteiger partial charge in [-0.25, -0.2) is 0 Å². The monoisotopic (exact) mass is 274 g/mol. The Kier molecular flexibility index (Phi) is 1.95. The summed E-state index contributed by atoms with van der Waals surface area (Å²) >= 11 is 0. The summed E-state index contributed by atoms with van der Waals surface area (Å²) in [6.45, 7) is 3.48. The van der Waals surface area contributed by atoms with E-state index in [0.29, 0.717) is 4.90 Å². The number of nitrogens with two attached hydrogens (primary N) is 1. The molecule has 3 rings (SSSR count). The van der Waals surface area contributed by atoms with Crippen molar-refractivity contribution in [1.82, 2.24) is 10.2 Å². The minimum Gasteiger partial charge on any atom is -0.398 e. The normalized spacial score (nSPS) is 30.4. The third-order valence-corrected chi connectivity index (χ3v) is 3.15. The molecule has 0 bridgehead atoms. The smallest absolute Gasteiger partial charge is 0.264 e. The SMILES string of the molecule is [2H]C1([2H])CC(=C)NC(=O)[C@@]1([2H])N1C(=O)c2cccc(N)c2C1=O. The third kappa shape index (κ3) is 1.61. The number of benzene rings is 1. The standard InChI is InChI=1S/C14H13N3O3/c1-7-5-6-10(12(18)16-7)17-13(19)8-3-2-4-9(15)11(8)14(17)20/h2-4,10H,1,5-6,15H2,(H,16,18)/t10-/m0/s1/i6D2,10D. The van der Waals surface area contributed by atoms with Crippen LogP contribution < -0.4 is 11.1 Å². The van der Waals surface area contributed by atoms with Gasteiger partial charge in [-0.1, -0.05) is 12.6 Å². The van der Waals surface area contributed by atoms with Gasteiger partial charge in [-0.15, -0.1) is 0 Å². The van der Waals surface area contributed by atoms with E-state index in [0.717, 1.165) is 0 Å². The first kappa shape index (κ1) is 9.30. The van der Waals surface area contributed by atoms with Crippen molar-refractivity contribution >= 4 is 23.4 Å². The second kappa shape index (κ2) is 4.19. The zero-order valence-corrected chi connectivity index (χ0v) is 10.4. The van der Waals surface area contributed by atoms with Crippen LogP contribution in [0.1, 0.15) is 37.6 Å². The molecule has 6 heteroatoms. The largest absolute Gasteiger partial charge is 0.398 e. The van der Waals surface area contributed by atoms with Crippen LogP contribution in [-0.2, 0) is 4.79 Å². The maximum atomic E-state index is 12.6. The number of amides is 3. The van der Waals surface area contributed by atoms with Crippen LogP contribution in [0.3, 0.4) is 0 Å². The summed E-state index contributed by atoms with van der Waals surface area (Å²) in [5.41, 5.74) is 5.67. The van der Waals surface area contributed by atoms with E-state index in [1.807, 2.05) is 0 Å². The van der Waals surface area contributed by atoms with Crippen molar-refractivity contribution in [2.24, 2.45) is 0 Å². The van der Waals surface area contributed by atoms with E-state index in [1.165, 1.54) is 18.2 Å². The first-order chi connectivity index (χ1) is 10.6. The van der Waals surface area contributed by atoms with Gasteiger partial charge in [0.25, 0.3) is 11.8 Å². The quantitative estimate of drug-likeness (QED) is 0.581. The van der Waals surface area contributed by atoms with Gasteiger partial charge >= 0.3 is 0 Å². The Morgan fingerprint density at radius 2 is 2.15 bits per heavy atom. The fourth-order valence-electron chi connectivity index (χ4n) is 2.23. The van der Waals surface area contributed by atoms with Crippen LogP contribution in [0.2, 0.25) is 0 Å². The van der Waals surface area contributed by atoms with Crippen LogP contribution >= 0.6 is 0 Å². The van der Waals surface area contributed by atoms with Crippen molar-refractivity contribution in [1.29, 1.82) is 0 Å². The topological polar surface area (TPSA) is 92.5 Å². The first-order valence-electron chi connectivity index (χ1n) is 7.38. The lowest BCUT2D eigenvalue weighted by Crippen LogP contribution is -2.51. The predicted molar refractivity (Wildman–Crippen MR) is 71.7 cm³/mol. The van der Waals surface area contributed by atoms with Gasteiger partial charge in [0.2, 0.25) is 5.91 Å². The van der Waals surface area contributed by atoms with Gasteiger partial charge in [0, 0.05) is 14.1 Å². The molecule has 1 aromatic rings. The highest BCUT2D eigenvalue weighted by Gasteiger charge is 2.44. The van der Waals surface area contributed by atoms with Crippen molar-refractivity contribution < 1.29 is 18.5 Å². The average molecular weight is 274 g/mol. The second-order valence-electron chi connectivity index (χ2n) is 4.48. The van der Waals surface area contributed by atoms with Gasteiger partial charge < -0.3 is 11.1 Å². The summed E-state index contributed by atoms with van der Waals surface area (Å²) in [4.78, 5) is 37.7. The molecule has 102 valence electrons. The van der Waals surface area contributed by atoms with Gasteiger partial charge in [0.05, 0.1) is 12.5 Å². The molecule has 1 fully saturated rings. The Morgan fingerprint density at radius 1 is 1.40 bits per heavy atom. The number of nitrogen functional groups attached to an aromatic ring is 1. The number of imide groups is 1. The van der Waals surface area contributed by atoms with Crippen LogP contribution in [0.5, 0.6) is 0 Å². The molecule has 20 heavy (non-hydrogen) atoms. The molecule has 3 N–H and O–H groups in total. The molecule has 2 aliphatic rings. The van der Waals surface area contributed by atoms with Crippen molar-refractivity contribution in [3.8, 4) is 0 Å². The lowest BCUT2D eigenvalue weighted by Gasteiger charge is -2.29. The Hall–Kier alpha value is -2.63. The van der Waals surface area contributed by atoms with E-state index < -0.39 is 30.1 Å². The highest BCUT2D eigenvalue weighted by atomic mass is 16.2. The molecule has 1 atom stereocenters. The molecule has 0 spiro atoms. The summed E-state index contributed by atoms with van der Waals surface area (Å²) in [5, 5.41) is 2.25. The van der Waals surface area contributed by atoms with Gasteiger partial charge in [0.15, 0.2) is 0 Å². The molecular weight excluding hydrogens is 258 g/mol. The average Bonchev–Trinajstić information content (AvgIpc) is 2.69. The molecule has 0 unspecified atom stereocenters. The van der Waals surface area contributed by atoms with Crippen molar-refractivity contribution in [3.63, 3.8) is 0 Å². The molecule has 0 saturated carbocycles. The molecule has 0 aromatic heterocycles. The van der Waals surface area contributed by atoms with Crippen LogP contribution in [0.15, 0.2) is 30.5 Å². The number of allylic oxidation sites excluding steroid dienone is 1. The summed E-state index contributed by atoms with van der Waals surface area (Å²) in [7, 11) is 0. The summed E-state index contributed by atoms with van der Waals surface area (Å²) < 4.78 is 24.4. The minimum absolute atomic E-state index is 0.0353. The number of anilines is 1. The number of piperidine rings is 1. The van der Waals surface area contributed by atoms with Gasteiger partial charge in [-0.2, -0.15) is 0 Å². The molecule has 0 radical (unpaired) electrons. The maximum Gasteiger partial charge on any atom is 0.264 e. The Balaban J connectivity index is 2.18. The Morgan fingerprint density at radius 3 is 2.80 bits per heavy atom. The minimum atomic E-state index is -2.74. The van der Waals surface area contributed by atoms with E-state index in [9.17, 15) is 14.4 Å². The summed E-state index contributed by atoms with van der Waals surface area (Å²) in [6, 6.07) is 1.50. The first-order valence-corrected chi connectivity index (χ1v) is 5.88. The zero-order chi connectivity index (χ0) is 17.2. The van der Waals surface area contributed by atoms with Crippen LogP contribution in [0, 0.1) is 0 Å². The molecule has 1 aromatic carbocycles. The fraction of sp³-hybridized carbons (Fsp3) is 0.214. The lowest BCUT2D eigenvalue weighted by atomic mass is 10.0. The lowest BCUT2D eigenvalue weighted by molar-refractivity contribution is -0.125. The zero-order valence-electron chi connectivity index (χ0n) is 13.4. The van der Waals surface area contributed by atoms with E-state index in [-0.39, 0.29) is 28.9 Å². The second-order valence-corrected chi connectivity index (χ2v) is 4.48. The molecule has 0 aliphatic carbocycles. The summed E-state index contributed by atoms with van der Waals surface area (Å²) in [6.07, 6.45) is -2.88.